The van der Waals surface area contributed by atoms with Gasteiger partial charge in [-0.3, -0.25) is 4.79 Å². The maximum absolute atomic E-state index is 11.9. The Morgan fingerprint density at radius 3 is 3.00 bits per heavy atom. The average molecular weight is 296 g/mol. The molecule has 1 amide bonds. The van der Waals surface area contributed by atoms with Gasteiger partial charge in [0, 0.05) is 18.2 Å². The van der Waals surface area contributed by atoms with E-state index in [2.05, 4.69) is 12.2 Å². The molecule has 0 aromatic heterocycles. The lowest BCUT2D eigenvalue weighted by Crippen LogP contribution is -2.30. The third-order valence-corrected chi connectivity index (χ3v) is 4.15. The molecule has 1 N–H and O–H groups in total. The minimum Gasteiger partial charge on any atom is -0.378 e. The molecule has 0 radical (unpaired) electrons. The number of nitrogens with one attached hydrogen (secondary N) is 1. The average Bonchev–Trinajstić information content (AvgIpc) is 2.41. The molecule has 1 fully saturated rings. The summed E-state index contributed by atoms with van der Waals surface area (Å²) < 4.78 is 5.53. The van der Waals surface area contributed by atoms with E-state index in [1.807, 2.05) is 24.3 Å². The van der Waals surface area contributed by atoms with Crippen molar-refractivity contribution in [1.29, 1.82) is 0 Å². The molecule has 2 rings (SSSR count). The number of benzene rings is 1. The van der Waals surface area contributed by atoms with Crippen LogP contribution in [0.4, 0.5) is 0 Å². The van der Waals surface area contributed by atoms with Gasteiger partial charge < -0.3 is 10.1 Å². The molecule has 20 heavy (non-hydrogen) atoms. The number of hydrogen-bond acceptors (Lipinski definition) is 2. The number of amides is 1. The molecular weight excluding hydrogens is 274 g/mol. The van der Waals surface area contributed by atoms with Crippen molar-refractivity contribution in [2.24, 2.45) is 5.92 Å². The van der Waals surface area contributed by atoms with E-state index < -0.39 is 0 Å². The molecule has 0 bridgehead atoms. The summed E-state index contributed by atoms with van der Waals surface area (Å²) in [5, 5.41) is 3.64. The van der Waals surface area contributed by atoms with Crippen LogP contribution < -0.4 is 5.32 Å². The molecule has 1 aromatic rings. The summed E-state index contributed by atoms with van der Waals surface area (Å²) >= 11 is 6.05. The molecule has 2 atom stereocenters. The van der Waals surface area contributed by atoms with Crippen molar-refractivity contribution in [2.45, 2.75) is 38.7 Å². The highest BCUT2D eigenvalue weighted by Gasteiger charge is 2.19. The molecule has 3 nitrogen and oxygen atoms in total. The summed E-state index contributed by atoms with van der Waals surface area (Å²) in [5.41, 5.74) is 0.881. The lowest BCUT2D eigenvalue weighted by molar-refractivity contribution is -0.120. The first-order valence-corrected chi connectivity index (χ1v) is 7.64. The van der Waals surface area contributed by atoms with Crippen molar-refractivity contribution in [1.82, 2.24) is 5.32 Å². The number of hydrogen-bond donors (Lipinski definition) is 1. The third kappa shape index (κ3) is 4.80. The van der Waals surface area contributed by atoms with Gasteiger partial charge in [0.2, 0.25) is 5.91 Å². The Hall–Kier alpha value is -1.06. The largest absolute Gasteiger partial charge is 0.378 e. The molecule has 1 heterocycles. The topological polar surface area (TPSA) is 38.3 Å². The highest BCUT2D eigenvalue weighted by Crippen LogP contribution is 2.22. The molecule has 0 aliphatic carbocycles. The van der Waals surface area contributed by atoms with E-state index in [1.54, 1.807) is 0 Å². The predicted octanol–water partition coefficient (Wildman–Crippen LogP) is 3.20. The molecule has 4 heteroatoms. The van der Waals surface area contributed by atoms with Crippen LogP contribution in [-0.4, -0.2) is 25.2 Å². The second-order valence-electron chi connectivity index (χ2n) is 5.48. The smallest absolute Gasteiger partial charge is 0.224 e. The second kappa shape index (κ2) is 7.65. The standard InChI is InChI=1S/C16H22ClNO2/c1-12-10-13(7-9-20-12)6-8-18-16(19)11-14-4-2-3-5-15(14)17/h2-5,12-13H,6-11H2,1H3,(H,18,19). The molecule has 110 valence electrons. The van der Waals surface area contributed by atoms with Crippen LogP contribution in [-0.2, 0) is 16.0 Å². The van der Waals surface area contributed by atoms with Crippen LogP contribution in [0.25, 0.3) is 0 Å². The van der Waals surface area contributed by atoms with Crippen molar-refractivity contribution in [2.75, 3.05) is 13.2 Å². The maximum atomic E-state index is 11.9. The molecule has 0 spiro atoms. The number of carbonyl (C=O) groups is 1. The maximum Gasteiger partial charge on any atom is 0.224 e. The Bertz CT molecular complexity index is 450. The number of halogens is 1. The number of ether oxygens (including phenoxy) is 1. The van der Waals surface area contributed by atoms with Gasteiger partial charge in [-0.15, -0.1) is 0 Å². The summed E-state index contributed by atoms with van der Waals surface area (Å²) in [6, 6.07) is 7.48. The Balaban J connectivity index is 1.69. The van der Waals surface area contributed by atoms with Crippen molar-refractivity contribution >= 4 is 17.5 Å². The minimum atomic E-state index is 0.0400. The fourth-order valence-corrected chi connectivity index (χ4v) is 2.85. The van der Waals surface area contributed by atoms with E-state index >= 15 is 0 Å². The van der Waals surface area contributed by atoms with Crippen LogP contribution in [0, 0.1) is 5.92 Å². The summed E-state index contributed by atoms with van der Waals surface area (Å²) in [6.45, 7) is 3.70. The number of carbonyl (C=O) groups excluding carboxylic acids is 1. The second-order valence-corrected chi connectivity index (χ2v) is 5.89. The monoisotopic (exact) mass is 295 g/mol. The van der Waals surface area contributed by atoms with Gasteiger partial charge in [0.25, 0.3) is 0 Å². The third-order valence-electron chi connectivity index (χ3n) is 3.78. The van der Waals surface area contributed by atoms with Gasteiger partial charge in [-0.25, -0.2) is 0 Å². The molecule has 0 saturated carbocycles. The van der Waals surface area contributed by atoms with Gasteiger partial charge in [0.05, 0.1) is 12.5 Å². The van der Waals surface area contributed by atoms with Gasteiger partial charge in [0.1, 0.15) is 0 Å². The molecule has 1 aliphatic heterocycles. The quantitative estimate of drug-likeness (QED) is 0.906. The molecule has 2 unspecified atom stereocenters. The van der Waals surface area contributed by atoms with Crippen LogP contribution in [0.5, 0.6) is 0 Å². The highest BCUT2D eigenvalue weighted by atomic mass is 35.5. The lowest BCUT2D eigenvalue weighted by Gasteiger charge is -2.27. The zero-order chi connectivity index (χ0) is 14.4. The predicted molar refractivity (Wildman–Crippen MR) is 80.9 cm³/mol. The first kappa shape index (κ1) is 15.3. The first-order chi connectivity index (χ1) is 9.65. The first-order valence-electron chi connectivity index (χ1n) is 7.27. The van der Waals surface area contributed by atoms with Crippen LogP contribution in [0.2, 0.25) is 5.02 Å². The Morgan fingerprint density at radius 1 is 1.45 bits per heavy atom. The summed E-state index contributed by atoms with van der Waals surface area (Å²) in [6.07, 6.45) is 3.93. The zero-order valence-electron chi connectivity index (χ0n) is 11.9. The summed E-state index contributed by atoms with van der Waals surface area (Å²) in [4.78, 5) is 11.9. The van der Waals surface area contributed by atoms with Gasteiger partial charge in [0.15, 0.2) is 0 Å². The van der Waals surface area contributed by atoms with Crippen LogP contribution in [0.15, 0.2) is 24.3 Å². The van der Waals surface area contributed by atoms with Crippen LogP contribution in [0.1, 0.15) is 31.7 Å². The van der Waals surface area contributed by atoms with Gasteiger partial charge >= 0.3 is 0 Å². The van der Waals surface area contributed by atoms with Crippen molar-refractivity contribution < 1.29 is 9.53 Å². The van der Waals surface area contributed by atoms with E-state index in [9.17, 15) is 4.79 Å². The molecule has 1 saturated heterocycles. The minimum absolute atomic E-state index is 0.0400. The fraction of sp³-hybridized carbons (Fsp3) is 0.562. The summed E-state index contributed by atoms with van der Waals surface area (Å²) in [7, 11) is 0. The zero-order valence-corrected chi connectivity index (χ0v) is 12.7. The normalized spacial score (nSPS) is 22.5. The Kier molecular flexibility index (Phi) is 5.86. The lowest BCUT2D eigenvalue weighted by atomic mass is 9.93. The van der Waals surface area contributed by atoms with Crippen molar-refractivity contribution in [3.63, 3.8) is 0 Å². The van der Waals surface area contributed by atoms with E-state index in [4.69, 9.17) is 16.3 Å². The van der Waals surface area contributed by atoms with Gasteiger partial charge in [-0.2, -0.15) is 0 Å². The van der Waals surface area contributed by atoms with Gasteiger partial charge in [-0.05, 0) is 43.7 Å². The van der Waals surface area contributed by atoms with Gasteiger partial charge in [-0.1, -0.05) is 29.8 Å². The van der Waals surface area contributed by atoms with E-state index in [0.29, 0.717) is 23.5 Å². The highest BCUT2D eigenvalue weighted by molar-refractivity contribution is 6.31. The fourth-order valence-electron chi connectivity index (χ4n) is 2.65. The van der Waals surface area contributed by atoms with Crippen molar-refractivity contribution in [3.05, 3.63) is 34.9 Å². The molecule has 1 aromatic carbocycles. The Labute approximate surface area is 125 Å². The summed E-state index contributed by atoms with van der Waals surface area (Å²) in [5.74, 6) is 0.706. The Morgan fingerprint density at radius 2 is 2.25 bits per heavy atom. The molecular formula is C16H22ClNO2. The SMILES string of the molecule is CC1CC(CCNC(=O)Cc2ccccc2Cl)CCO1. The van der Waals surface area contributed by atoms with Crippen molar-refractivity contribution in [3.8, 4) is 0 Å². The van der Waals surface area contributed by atoms with E-state index in [1.165, 1.54) is 0 Å². The number of rotatable bonds is 5. The van der Waals surface area contributed by atoms with E-state index in [0.717, 1.165) is 38.0 Å². The molecule has 1 aliphatic rings. The van der Waals surface area contributed by atoms with Crippen LogP contribution in [0.3, 0.4) is 0 Å². The van der Waals surface area contributed by atoms with E-state index in [-0.39, 0.29) is 5.91 Å². The van der Waals surface area contributed by atoms with Crippen LogP contribution >= 0.6 is 11.6 Å².